The van der Waals surface area contributed by atoms with Gasteiger partial charge in [-0.15, -0.1) is 0 Å². The molecule has 0 bridgehead atoms. The van der Waals surface area contributed by atoms with E-state index in [4.69, 9.17) is 5.73 Å². The minimum atomic E-state index is -5.73. The Morgan fingerprint density at radius 1 is 1.12 bits per heavy atom. The molecule has 26 heavy (non-hydrogen) atoms. The zero-order valence-corrected chi connectivity index (χ0v) is 13.7. The van der Waals surface area contributed by atoms with Gasteiger partial charge in [0.05, 0.1) is 0 Å². The van der Waals surface area contributed by atoms with E-state index in [9.17, 15) is 31.1 Å². The zero-order chi connectivity index (χ0) is 20.0. The maximum absolute atomic E-state index is 12.4. The number of allylic oxidation sites excluding steroid dienone is 2. The van der Waals surface area contributed by atoms with Crippen LogP contribution in [-0.4, -0.2) is 67.1 Å². The number of hydrogen-bond donors (Lipinski definition) is 1. The van der Waals surface area contributed by atoms with Crippen LogP contribution >= 0.6 is 0 Å². The van der Waals surface area contributed by atoms with Gasteiger partial charge in [-0.05, 0) is 17.8 Å². The fraction of sp³-hybridized carbons (Fsp3) is 0.533. The molecule has 0 spiro atoms. The van der Waals surface area contributed by atoms with E-state index < -0.39 is 24.5 Å². The SMILES string of the molecule is C=C/C(=C\C=C/N)CN1CCN(C(=O)OC(C(F)(F)F)C(F)(F)F)CC1. The number of nitrogens with two attached hydrogens (primary N) is 1. The summed E-state index contributed by atoms with van der Waals surface area (Å²) in [6, 6.07) is 0. The number of halogens is 6. The van der Waals surface area contributed by atoms with Crippen LogP contribution < -0.4 is 5.73 Å². The summed E-state index contributed by atoms with van der Waals surface area (Å²) < 4.78 is 78.3. The predicted octanol–water partition coefficient (Wildman–Crippen LogP) is 2.82. The van der Waals surface area contributed by atoms with Crippen molar-refractivity contribution in [2.24, 2.45) is 5.73 Å². The second-order valence-corrected chi connectivity index (χ2v) is 5.44. The Morgan fingerprint density at radius 2 is 1.65 bits per heavy atom. The molecule has 0 aromatic heterocycles. The van der Waals surface area contributed by atoms with Crippen LogP contribution in [0.25, 0.3) is 0 Å². The number of hydrogen-bond acceptors (Lipinski definition) is 4. The first-order chi connectivity index (χ1) is 12.0. The van der Waals surface area contributed by atoms with Gasteiger partial charge < -0.3 is 15.4 Å². The first kappa shape index (κ1) is 21.9. The van der Waals surface area contributed by atoms with Crippen molar-refractivity contribution in [2.45, 2.75) is 18.5 Å². The number of alkyl halides is 6. The molecule has 1 aliphatic heterocycles. The zero-order valence-electron chi connectivity index (χ0n) is 13.7. The molecule has 148 valence electrons. The third-order valence-corrected chi connectivity index (χ3v) is 3.53. The molecule has 0 radical (unpaired) electrons. The Balaban J connectivity index is 2.62. The van der Waals surface area contributed by atoms with Crippen LogP contribution in [0.3, 0.4) is 0 Å². The molecule has 1 aliphatic rings. The van der Waals surface area contributed by atoms with Crippen molar-refractivity contribution in [1.29, 1.82) is 0 Å². The Hall–Kier alpha value is -2.17. The Bertz CT molecular complexity index is 535. The van der Waals surface area contributed by atoms with Crippen LogP contribution in [0.1, 0.15) is 0 Å². The summed E-state index contributed by atoms with van der Waals surface area (Å²) in [6.07, 6.45) is -11.0. The molecular formula is C15H19F6N3O2. The molecule has 0 aromatic rings. The highest BCUT2D eigenvalue weighted by Crippen LogP contribution is 2.36. The third kappa shape index (κ3) is 6.62. The number of carbonyl (C=O) groups is 1. The highest BCUT2D eigenvalue weighted by molar-refractivity contribution is 5.68. The quantitative estimate of drug-likeness (QED) is 0.582. The first-order valence-electron chi connectivity index (χ1n) is 7.50. The van der Waals surface area contributed by atoms with E-state index in [1.54, 1.807) is 18.2 Å². The number of nitrogens with zero attached hydrogens (tertiary/aromatic N) is 2. The van der Waals surface area contributed by atoms with E-state index in [-0.39, 0.29) is 26.2 Å². The minimum Gasteiger partial charge on any atom is -0.426 e. The molecule has 0 saturated carbocycles. The molecule has 0 unspecified atom stereocenters. The van der Waals surface area contributed by atoms with Gasteiger partial charge in [0.15, 0.2) is 0 Å². The van der Waals surface area contributed by atoms with Crippen molar-refractivity contribution in [2.75, 3.05) is 32.7 Å². The second-order valence-electron chi connectivity index (χ2n) is 5.44. The van der Waals surface area contributed by atoms with Crippen molar-refractivity contribution in [3.63, 3.8) is 0 Å². The van der Waals surface area contributed by atoms with Crippen LogP contribution in [-0.2, 0) is 4.74 Å². The average Bonchev–Trinajstić information content (AvgIpc) is 2.54. The monoisotopic (exact) mass is 387 g/mol. The van der Waals surface area contributed by atoms with Gasteiger partial charge >= 0.3 is 18.4 Å². The maximum Gasteiger partial charge on any atom is 0.434 e. The smallest absolute Gasteiger partial charge is 0.426 e. The second kappa shape index (κ2) is 8.97. The van der Waals surface area contributed by atoms with Gasteiger partial charge in [0.25, 0.3) is 6.10 Å². The summed E-state index contributed by atoms with van der Waals surface area (Å²) in [5.41, 5.74) is 6.04. The molecule has 1 heterocycles. The molecule has 0 aliphatic carbocycles. The summed E-state index contributed by atoms with van der Waals surface area (Å²) in [5, 5.41) is 0. The van der Waals surface area contributed by atoms with Gasteiger partial charge in [-0.3, -0.25) is 4.90 Å². The fourth-order valence-electron chi connectivity index (χ4n) is 2.21. The number of amides is 1. The summed E-state index contributed by atoms with van der Waals surface area (Å²) >= 11 is 0. The van der Waals surface area contributed by atoms with Crippen molar-refractivity contribution >= 4 is 6.09 Å². The molecule has 1 fully saturated rings. The number of ether oxygens (including phenoxy) is 1. The summed E-state index contributed by atoms with van der Waals surface area (Å²) in [7, 11) is 0. The van der Waals surface area contributed by atoms with Crippen LogP contribution in [0.2, 0.25) is 0 Å². The summed E-state index contributed by atoms with van der Waals surface area (Å²) in [6.45, 7) is 4.49. The van der Waals surface area contributed by atoms with Crippen LogP contribution in [0.4, 0.5) is 31.1 Å². The largest absolute Gasteiger partial charge is 0.434 e. The molecule has 1 saturated heterocycles. The average molecular weight is 387 g/mol. The third-order valence-electron chi connectivity index (χ3n) is 3.53. The topological polar surface area (TPSA) is 58.8 Å². The Labute approximate surface area is 146 Å². The van der Waals surface area contributed by atoms with E-state index in [0.29, 0.717) is 6.54 Å². The maximum atomic E-state index is 12.4. The van der Waals surface area contributed by atoms with Gasteiger partial charge in [0.1, 0.15) is 0 Å². The molecule has 1 amide bonds. The van der Waals surface area contributed by atoms with Crippen LogP contribution in [0.15, 0.2) is 36.6 Å². The van der Waals surface area contributed by atoms with Gasteiger partial charge in [-0.25, -0.2) is 4.79 Å². The summed E-state index contributed by atoms with van der Waals surface area (Å²) in [5.74, 6) is 0. The van der Waals surface area contributed by atoms with Gasteiger partial charge in [0.2, 0.25) is 0 Å². The number of piperazine rings is 1. The normalized spacial score (nSPS) is 17.8. The van der Waals surface area contributed by atoms with Gasteiger partial charge in [-0.1, -0.05) is 18.7 Å². The lowest BCUT2D eigenvalue weighted by Crippen LogP contribution is -2.52. The van der Waals surface area contributed by atoms with E-state index >= 15 is 0 Å². The fourth-order valence-corrected chi connectivity index (χ4v) is 2.21. The lowest BCUT2D eigenvalue weighted by atomic mass is 10.2. The standard InChI is InChI=1S/C15H19F6N3O2/c1-2-11(4-3-5-22)10-23-6-8-24(9-7-23)13(25)26-12(14(16,17)18)15(19,20)21/h2-5,12H,1,6-10,22H2/b5-3-,11-4+. The molecule has 0 atom stereocenters. The first-order valence-corrected chi connectivity index (χ1v) is 7.50. The van der Waals surface area contributed by atoms with E-state index in [1.807, 2.05) is 4.90 Å². The van der Waals surface area contributed by atoms with E-state index in [0.717, 1.165) is 10.5 Å². The molecular weight excluding hydrogens is 368 g/mol. The molecule has 0 aromatic carbocycles. The lowest BCUT2D eigenvalue weighted by molar-refractivity contribution is -0.308. The van der Waals surface area contributed by atoms with E-state index in [2.05, 4.69) is 11.3 Å². The van der Waals surface area contributed by atoms with Gasteiger partial charge in [0, 0.05) is 32.7 Å². The Kier molecular flexibility index (Phi) is 7.54. The van der Waals surface area contributed by atoms with Crippen LogP contribution in [0.5, 0.6) is 0 Å². The predicted molar refractivity (Wildman–Crippen MR) is 82.0 cm³/mol. The lowest BCUT2D eigenvalue weighted by Gasteiger charge is -2.35. The van der Waals surface area contributed by atoms with Gasteiger partial charge in [-0.2, -0.15) is 26.3 Å². The number of rotatable bonds is 5. The van der Waals surface area contributed by atoms with Crippen molar-refractivity contribution < 1.29 is 35.9 Å². The molecule has 1 rings (SSSR count). The molecule has 11 heteroatoms. The number of carbonyl (C=O) groups excluding carboxylic acids is 1. The van der Waals surface area contributed by atoms with Crippen LogP contribution in [0, 0.1) is 0 Å². The minimum absolute atomic E-state index is 0.0571. The van der Waals surface area contributed by atoms with Crippen molar-refractivity contribution in [1.82, 2.24) is 9.80 Å². The Morgan fingerprint density at radius 3 is 2.08 bits per heavy atom. The van der Waals surface area contributed by atoms with E-state index in [1.165, 1.54) is 6.20 Å². The van der Waals surface area contributed by atoms with Crippen molar-refractivity contribution in [3.8, 4) is 0 Å². The highest BCUT2D eigenvalue weighted by atomic mass is 19.4. The molecule has 5 nitrogen and oxygen atoms in total. The molecule has 2 N–H and O–H groups in total. The van der Waals surface area contributed by atoms with Crippen molar-refractivity contribution in [3.05, 3.63) is 36.6 Å². The highest BCUT2D eigenvalue weighted by Gasteiger charge is 2.60. The summed E-state index contributed by atoms with van der Waals surface area (Å²) in [4.78, 5) is 14.3.